The smallest absolute Gasteiger partial charge is 0.0334 e. The Kier molecular flexibility index (Phi) is 5.17. The Hall–Kier alpha value is -1.12. The normalized spacial score (nSPS) is 23.6. The molecule has 2 unspecified atom stereocenters. The van der Waals surface area contributed by atoms with Crippen LogP contribution in [0.5, 0.6) is 0 Å². The number of rotatable bonds is 3. The van der Waals surface area contributed by atoms with Gasteiger partial charge in [-0.05, 0) is 60.3 Å². The van der Waals surface area contributed by atoms with Gasteiger partial charge in [0.15, 0.2) is 0 Å². The molecule has 0 N–H and O–H groups in total. The van der Waals surface area contributed by atoms with Crippen molar-refractivity contribution in [2.45, 2.75) is 39.4 Å². The number of allylic oxidation sites excluding steroid dienone is 1. The summed E-state index contributed by atoms with van der Waals surface area (Å²) in [5, 5.41) is 0.273. The van der Waals surface area contributed by atoms with Gasteiger partial charge in [0.05, 0.1) is 0 Å². The van der Waals surface area contributed by atoms with Gasteiger partial charge in [-0.1, -0.05) is 60.5 Å². The molecule has 0 nitrogen and oxygen atoms in total. The Morgan fingerprint density at radius 2 is 1.71 bits per heavy atom. The van der Waals surface area contributed by atoms with Crippen LogP contribution in [0.2, 0.25) is 0 Å². The summed E-state index contributed by atoms with van der Waals surface area (Å²) >= 11 is 7.04. The van der Waals surface area contributed by atoms with E-state index in [1.807, 2.05) is 11.8 Å². The molecule has 1 aliphatic rings. The highest BCUT2D eigenvalue weighted by Gasteiger charge is 2.39. The number of hydrogen-bond donors (Lipinski definition) is 1. The Labute approximate surface area is 156 Å². The predicted octanol–water partition coefficient (Wildman–Crippen LogP) is 6.77. The maximum Gasteiger partial charge on any atom is 0.0334 e. The summed E-state index contributed by atoms with van der Waals surface area (Å²) in [6.45, 7) is 8.88. The SMILES string of the molecule is Cc1ccc(/C=C2/CC(C)(C(S)c3ccc(C)cc3C)CS2)cc1. The minimum Gasteiger partial charge on any atom is -0.170 e. The zero-order valence-corrected chi connectivity index (χ0v) is 16.7. The van der Waals surface area contributed by atoms with E-state index in [2.05, 4.69) is 76.2 Å². The van der Waals surface area contributed by atoms with Gasteiger partial charge in [0.2, 0.25) is 0 Å². The van der Waals surface area contributed by atoms with Gasteiger partial charge >= 0.3 is 0 Å². The molecule has 2 heteroatoms. The van der Waals surface area contributed by atoms with Gasteiger partial charge in [0.25, 0.3) is 0 Å². The summed E-state index contributed by atoms with van der Waals surface area (Å²) in [6.07, 6.45) is 3.45. The fourth-order valence-corrected chi connectivity index (χ4v) is 5.41. The molecule has 1 fully saturated rings. The number of hydrogen-bond acceptors (Lipinski definition) is 2. The summed E-state index contributed by atoms with van der Waals surface area (Å²) in [6, 6.07) is 15.5. The Morgan fingerprint density at radius 1 is 1.04 bits per heavy atom. The molecule has 2 atom stereocenters. The molecule has 0 aliphatic carbocycles. The molecule has 0 spiro atoms. The second-order valence-corrected chi connectivity index (χ2v) is 9.02. The monoisotopic (exact) mass is 354 g/mol. The maximum absolute atomic E-state index is 5.04. The summed E-state index contributed by atoms with van der Waals surface area (Å²) in [4.78, 5) is 1.48. The summed E-state index contributed by atoms with van der Waals surface area (Å²) in [5.41, 5.74) is 6.87. The highest BCUT2D eigenvalue weighted by atomic mass is 32.2. The van der Waals surface area contributed by atoms with Crippen molar-refractivity contribution >= 4 is 30.5 Å². The standard InChI is InChI=1S/C22H26S2/c1-15-5-8-18(9-6-15)12-19-13-22(4,14-24-19)21(23)20-10-7-16(2)11-17(20)3/h5-12,21,23H,13-14H2,1-4H3/b19-12-. The molecule has 1 aliphatic heterocycles. The van der Waals surface area contributed by atoms with Crippen molar-refractivity contribution in [3.8, 4) is 0 Å². The first-order valence-corrected chi connectivity index (χ1v) is 10.0. The van der Waals surface area contributed by atoms with E-state index in [4.69, 9.17) is 12.6 Å². The van der Waals surface area contributed by atoms with E-state index in [0.29, 0.717) is 0 Å². The summed E-state index contributed by atoms with van der Waals surface area (Å²) < 4.78 is 0. The highest BCUT2D eigenvalue weighted by Crippen LogP contribution is 2.54. The van der Waals surface area contributed by atoms with E-state index in [0.717, 1.165) is 12.2 Å². The van der Waals surface area contributed by atoms with Crippen LogP contribution < -0.4 is 0 Å². The average Bonchev–Trinajstić information content (AvgIpc) is 2.91. The van der Waals surface area contributed by atoms with E-state index in [-0.39, 0.29) is 10.7 Å². The van der Waals surface area contributed by atoms with Crippen LogP contribution in [0.4, 0.5) is 0 Å². The van der Waals surface area contributed by atoms with Crippen LogP contribution in [0.1, 0.15) is 46.4 Å². The molecule has 24 heavy (non-hydrogen) atoms. The molecule has 1 heterocycles. The zero-order valence-electron chi connectivity index (χ0n) is 15.0. The summed E-state index contributed by atoms with van der Waals surface area (Å²) in [5.74, 6) is 1.13. The van der Waals surface area contributed by atoms with Crippen LogP contribution in [0.3, 0.4) is 0 Å². The van der Waals surface area contributed by atoms with Crippen LogP contribution in [0.25, 0.3) is 6.08 Å². The third kappa shape index (κ3) is 3.75. The molecule has 2 aromatic rings. The zero-order chi connectivity index (χ0) is 17.3. The molecule has 2 aromatic carbocycles. The molecule has 3 rings (SSSR count). The highest BCUT2D eigenvalue weighted by molar-refractivity contribution is 8.03. The van der Waals surface area contributed by atoms with Crippen LogP contribution in [-0.2, 0) is 0 Å². The lowest BCUT2D eigenvalue weighted by Crippen LogP contribution is -2.22. The third-order valence-electron chi connectivity index (χ3n) is 4.95. The molecule has 0 amide bonds. The van der Waals surface area contributed by atoms with E-state index < -0.39 is 0 Å². The summed E-state index contributed by atoms with van der Waals surface area (Å²) in [7, 11) is 0. The van der Waals surface area contributed by atoms with Crippen LogP contribution >= 0.6 is 24.4 Å². The fraction of sp³-hybridized carbons (Fsp3) is 0.364. The number of benzene rings is 2. The fourth-order valence-electron chi connectivity index (χ4n) is 3.38. The van der Waals surface area contributed by atoms with Gasteiger partial charge in [0.1, 0.15) is 0 Å². The second kappa shape index (κ2) is 7.01. The largest absolute Gasteiger partial charge is 0.170 e. The lowest BCUT2D eigenvalue weighted by molar-refractivity contribution is 0.380. The third-order valence-corrected chi connectivity index (χ3v) is 7.29. The number of thioether (sulfide) groups is 1. The number of thiol groups is 1. The van der Waals surface area contributed by atoms with E-state index >= 15 is 0 Å². The van der Waals surface area contributed by atoms with Crippen molar-refractivity contribution in [2.75, 3.05) is 5.75 Å². The predicted molar refractivity (Wildman–Crippen MR) is 112 cm³/mol. The average molecular weight is 355 g/mol. The van der Waals surface area contributed by atoms with Gasteiger partial charge in [-0.25, -0.2) is 0 Å². The molecular formula is C22H26S2. The van der Waals surface area contributed by atoms with Gasteiger partial charge in [-0.3, -0.25) is 0 Å². The molecular weight excluding hydrogens is 328 g/mol. The molecule has 0 saturated carbocycles. The maximum atomic E-state index is 5.04. The first kappa shape index (κ1) is 17.7. The first-order chi connectivity index (χ1) is 11.4. The lowest BCUT2D eigenvalue weighted by Gasteiger charge is -2.31. The van der Waals surface area contributed by atoms with Gasteiger partial charge in [0, 0.05) is 11.0 Å². The van der Waals surface area contributed by atoms with Crippen molar-refractivity contribution in [3.05, 3.63) is 75.2 Å². The topological polar surface area (TPSA) is 0 Å². The molecule has 126 valence electrons. The van der Waals surface area contributed by atoms with Gasteiger partial charge in [-0.15, -0.1) is 11.8 Å². The molecule has 0 bridgehead atoms. The van der Waals surface area contributed by atoms with E-state index in [1.54, 1.807) is 0 Å². The Balaban J connectivity index is 1.80. The van der Waals surface area contributed by atoms with Crippen molar-refractivity contribution in [1.29, 1.82) is 0 Å². The Bertz CT molecular complexity index is 758. The van der Waals surface area contributed by atoms with Gasteiger partial charge in [-0.2, -0.15) is 12.6 Å². The van der Waals surface area contributed by atoms with Crippen molar-refractivity contribution < 1.29 is 0 Å². The van der Waals surface area contributed by atoms with E-state index in [1.165, 1.54) is 32.7 Å². The molecule has 0 radical (unpaired) electrons. The molecule has 1 saturated heterocycles. The Morgan fingerprint density at radius 3 is 2.38 bits per heavy atom. The van der Waals surface area contributed by atoms with Crippen molar-refractivity contribution in [1.82, 2.24) is 0 Å². The van der Waals surface area contributed by atoms with Gasteiger partial charge < -0.3 is 0 Å². The minimum atomic E-state index is 0.199. The first-order valence-electron chi connectivity index (χ1n) is 8.53. The molecule has 0 aromatic heterocycles. The van der Waals surface area contributed by atoms with Crippen LogP contribution in [0, 0.1) is 26.2 Å². The van der Waals surface area contributed by atoms with Crippen molar-refractivity contribution in [2.24, 2.45) is 5.41 Å². The number of aryl methyl sites for hydroxylation is 3. The second-order valence-electron chi connectivity index (χ2n) is 7.40. The van der Waals surface area contributed by atoms with Crippen molar-refractivity contribution in [3.63, 3.8) is 0 Å². The van der Waals surface area contributed by atoms with Crippen LogP contribution in [0.15, 0.2) is 47.4 Å². The lowest BCUT2D eigenvalue weighted by atomic mass is 9.80. The van der Waals surface area contributed by atoms with E-state index in [9.17, 15) is 0 Å². The minimum absolute atomic E-state index is 0.199. The van der Waals surface area contributed by atoms with Crippen LogP contribution in [-0.4, -0.2) is 5.75 Å². The quantitative estimate of drug-likeness (QED) is 0.594.